The predicted molar refractivity (Wildman–Crippen MR) is 109 cm³/mol. The Morgan fingerprint density at radius 2 is 1.89 bits per heavy atom. The summed E-state index contributed by atoms with van der Waals surface area (Å²) in [5.74, 6) is 2.69. The van der Waals surface area contributed by atoms with Gasteiger partial charge in [-0.1, -0.05) is 29.8 Å². The Bertz CT molecular complexity index is 897. The van der Waals surface area contributed by atoms with E-state index in [2.05, 4.69) is 40.9 Å². The van der Waals surface area contributed by atoms with Gasteiger partial charge in [-0.25, -0.2) is 5.01 Å². The maximum absolute atomic E-state index is 6.28. The molecule has 142 valence electrons. The van der Waals surface area contributed by atoms with Crippen molar-refractivity contribution in [1.82, 2.24) is 5.01 Å². The predicted octanol–water partition coefficient (Wildman–Crippen LogP) is 4.99. The molecule has 0 unspecified atom stereocenters. The van der Waals surface area contributed by atoms with Crippen LogP contribution in [0.1, 0.15) is 37.4 Å². The summed E-state index contributed by atoms with van der Waals surface area (Å²) in [7, 11) is 3.29. The molecule has 2 aromatic carbocycles. The maximum atomic E-state index is 6.28. The zero-order chi connectivity index (χ0) is 19.1. The molecule has 2 aliphatic rings. The minimum absolute atomic E-state index is 0.0821. The van der Waals surface area contributed by atoms with Gasteiger partial charge in [0, 0.05) is 27.9 Å². The number of benzene rings is 2. The van der Waals surface area contributed by atoms with Crippen LogP contribution in [0.25, 0.3) is 0 Å². The van der Waals surface area contributed by atoms with Crippen molar-refractivity contribution >= 4 is 21.6 Å². The third-order valence-corrected chi connectivity index (χ3v) is 5.56. The number of rotatable bonds is 4. The number of nitrogens with zero attached hydrogens (tertiary/aromatic N) is 2. The molecule has 6 heteroatoms. The largest absolute Gasteiger partial charge is 0.493 e. The molecule has 4 rings (SSSR count). The molecule has 0 aliphatic carbocycles. The Kier molecular flexibility index (Phi) is 4.76. The first-order valence-corrected chi connectivity index (χ1v) is 9.85. The average Bonchev–Trinajstić information content (AvgIpc) is 3.12. The molecule has 0 bridgehead atoms. The van der Waals surface area contributed by atoms with Crippen LogP contribution < -0.4 is 14.2 Å². The summed E-state index contributed by atoms with van der Waals surface area (Å²) in [6, 6.07) is 12.3. The highest BCUT2D eigenvalue weighted by Gasteiger charge is 2.41. The lowest BCUT2D eigenvalue weighted by molar-refractivity contribution is -0.0461. The van der Waals surface area contributed by atoms with Crippen LogP contribution in [0.2, 0.25) is 0 Å². The van der Waals surface area contributed by atoms with Crippen molar-refractivity contribution in [2.45, 2.75) is 32.5 Å². The minimum atomic E-state index is -0.0821. The van der Waals surface area contributed by atoms with Crippen molar-refractivity contribution in [3.05, 3.63) is 52.0 Å². The van der Waals surface area contributed by atoms with Crippen molar-refractivity contribution in [3.8, 4) is 17.2 Å². The van der Waals surface area contributed by atoms with Gasteiger partial charge in [-0.15, -0.1) is 0 Å². The van der Waals surface area contributed by atoms with E-state index >= 15 is 0 Å². The van der Waals surface area contributed by atoms with E-state index in [0.717, 1.165) is 33.7 Å². The lowest BCUT2D eigenvalue weighted by Gasteiger charge is -2.40. The van der Waals surface area contributed by atoms with Crippen LogP contribution in [0.5, 0.6) is 17.2 Å². The fourth-order valence-corrected chi connectivity index (χ4v) is 4.10. The number of hydrogen-bond donors (Lipinski definition) is 0. The van der Waals surface area contributed by atoms with Crippen LogP contribution in [-0.4, -0.2) is 31.2 Å². The van der Waals surface area contributed by atoms with Gasteiger partial charge >= 0.3 is 0 Å². The summed E-state index contributed by atoms with van der Waals surface area (Å²) in [5, 5.41) is 7.07. The number of ether oxygens (including phenoxy) is 3. The molecule has 5 nitrogen and oxygen atoms in total. The molecule has 0 N–H and O–H groups in total. The van der Waals surface area contributed by atoms with Gasteiger partial charge in [-0.05, 0) is 36.4 Å². The highest BCUT2D eigenvalue weighted by atomic mass is 79.9. The van der Waals surface area contributed by atoms with Crippen molar-refractivity contribution < 1.29 is 14.2 Å². The van der Waals surface area contributed by atoms with E-state index in [1.807, 2.05) is 30.3 Å². The van der Waals surface area contributed by atoms with Gasteiger partial charge < -0.3 is 14.2 Å². The second-order valence-electron chi connectivity index (χ2n) is 7.15. The topological polar surface area (TPSA) is 43.3 Å². The molecular weight excluding hydrogens is 408 g/mol. The van der Waals surface area contributed by atoms with Crippen LogP contribution in [0.15, 0.2) is 46.0 Å². The van der Waals surface area contributed by atoms with Crippen LogP contribution >= 0.6 is 15.9 Å². The molecule has 0 aromatic heterocycles. The van der Waals surface area contributed by atoms with E-state index in [4.69, 9.17) is 19.3 Å². The summed E-state index contributed by atoms with van der Waals surface area (Å²) in [5.41, 5.74) is 3.24. The van der Waals surface area contributed by atoms with Gasteiger partial charge in [0.15, 0.2) is 17.7 Å². The molecule has 2 heterocycles. The molecule has 2 atom stereocenters. The van der Waals surface area contributed by atoms with Gasteiger partial charge in [0.2, 0.25) is 0 Å². The number of fused-ring (bicyclic) bond motifs is 3. The Morgan fingerprint density at radius 1 is 1.11 bits per heavy atom. The molecule has 0 amide bonds. The molecule has 2 aliphatic heterocycles. The van der Waals surface area contributed by atoms with Gasteiger partial charge in [0.25, 0.3) is 0 Å². The van der Waals surface area contributed by atoms with Gasteiger partial charge in [-0.3, -0.25) is 0 Å². The minimum Gasteiger partial charge on any atom is -0.493 e. The molecule has 0 saturated carbocycles. The SMILES string of the molecule is COc1ccc(C2=NN3[C@@H](C(C)C)Oc4ccc(Br)cc4[C@@H]3C2)cc1OC. The molecule has 0 fully saturated rings. The quantitative estimate of drug-likeness (QED) is 0.684. The number of hydrazone groups is 1. The number of methoxy groups -OCH3 is 2. The van der Waals surface area contributed by atoms with Crippen LogP contribution in [0.4, 0.5) is 0 Å². The second kappa shape index (κ2) is 7.08. The van der Waals surface area contributed by atoms with Crippen LogP contribution in [-0.2, 0) is 0 Å². The highest BCUT2D eigenvalue weighted by Crippen LogP contribution is 2.45. The summed E-state index contributed by atoms with van der Waals surface area (Å²) in [6.45, 7) is 4.32. The van der Waals surface area contributed by atoms with Crippen molar-refractivity contribution in [2.24, 2.45) is 11.0 Å². The third kappa shape index (κ3) is 3.16. The average molecular weight is 431 g/mol. The molecule has 0 saturated heterocycles. The highest BCUT2D eigenvalue weighted by molar-refractivity contribution is 9.10. The van der Waals surface area contributed by atoms with Crippen molar-refractivity contribution in [1.29, 1.82) is 0 Å². The zero-order valence-electron chi connectivity index (χ0n) is 15.9. The van der Waals surface area contributed by atoms with E-state index in [-0.39, 0.29) is 12.3 Å². The smallest absolute Gasteiger partial charge is 0.190 e. The summed E-state index contributed by atoms with van der Waals surface area (Å²) in [4.78, 5) is 0. The van der Waals surface area contributed by atoms with E-state index < -0.39 is 0 Å². The summed E-state index contributed by atoms with van der Waals surface area (Å²) in [6.07, 6.45) is 0.743. The van der Waals surface area contributed by atoms with E-state index in [9.17, 15) is 0 Å². The van der Waals surface area contributed by atoms with E-state index in [1.165, 1.54) is 5.56 Å². The van der Waals surface area contributed by atoms with Crippen molar-refractivity contribution in [2.75, 3.05) is 14.2 Å². The Hall–Kier alpha value is -2.21. The lowest BCUT2D eigenvalue weighted by atomic mass is 9.95. The Labute approximate surface area is 168 Å². The first-order chi connectivity index (χ1) is 13.0. The monoisotopic (exact) mass is 430 g/mol. The van der Waals surface area contributed by atoms with Gasteiger partial charge in [0.05, 0.1) is 26.0 Å². The normalized spacial score (nSPS) is 20.7. The first kappa shape index (κ1) is 18.2. The van der Waals surface area contributed by atoms with E-state index in [0.29, 0.717) is 11.7 Å². The fraction of sp³-hybridized carbons (Fsp3) is 0.381. The van der Waals surface area contributed by atoms with Gasteiger partial charge in [-0.2, -0.15) is 5.10 Å². The van der Waals surface area contributed by atoms with Crippen LogP contribution in [0.3, 0.4) is 0 Å². The molecule has 27 heavy (non-hydrogen) atoms. The number of halogens is 1. The summed E-state index contributed by atoms with van der Waals surface area (Å²) >= 11 is 3.58. The fourth-order valence-electron chi connectivity index (χ4n) is 3.72. The zero-order valence-corrected chi connectivity index (χ0v) is 17.5. The molecule has 0 spiro atoms. The number of hydrogen-bond acceptors (Lipinski definition) is 5. The molecule has 0 radical (unpaired) electrons. The van der Waals surface area contributed by atoms with E-state index in [1.54, 1.807) is 14.2 Å². The van der Waals surface area contributed by atoms with Crippen molar-refractivity contribution in [3.63, 3.8) is 0 Å². The van der Waals surface area contributed by atoms with Crippen LogP contribution in [0, 0.1) is 5.92 Å². The molecule has 2 aromatic rings. The van der Waals surface area contributed by atoms with Gasteiger partial charge in [0.1, 0.15) is 5.75 Å². The third-order valence-electron chi connectivity index (χ3n) is 5.07. The molecular formula is C21H23BrN2O3. The first-order valence-electron chi connectivity index (χ1n) is 9.06. The Balaban J connectivity index is 1.74. The second-order valence-corrected chi connectivity index (χ2v) is 8.07. The summed E-state index contributed by atoms with van der Waals surface area (Å²) < 4.78 is 18.1. The standard InChI is InChI=1S/C21H23BrN2O3/c1-12(2)21-24-17(15-10-14(22)6-8-18(15)27-21)11-16(23-24)13-5-7-19(25-3)20(9-13)26-4/h5-10,12,17,21H,11H2,1-4H3/t17-,21+/m0/s1. The Morgan fingerprint density at radius 3 is 2.59 bits per heavy atom. The lowest BCUT2D eigenvalue weighted by Crippen LogP contribution is -2.43. The maximum Gasteiger partial charge on any atom is 0.190 e.